The summed E-state index contributed by atoms with van der Waals surface area (Å²) in [5, 5.41) is 8.98. The van der Waals surface area contributed by atoms with Crippen LogP contribution in [0.5, 0.6) is 0 Å². The zero-order chi connectivity index (χ0) is 16.0. The van der Waals surface area contributed by atoms with E-state index in [1.807, 2.05) is 25.1 Å². The van der Waals surface area contributed by atoms with Crippen LogP contribution in [0, 0.1) is 0 Å². The van der Waals surface area contributed by atoms with Gasteiger partial charge in [-0.2, -0.15) is 12.6 Å². The highest BCUT2D eigenvalue weighted by atomic mass is 32.2. The molecule has 1 rings (SSSR count). The van der Waals surface area contributed by atoms with Crippen LogP contribution >= 0.6 is 37.0 Å². The van der Waals surface area contributed by atoms with E-state index in [2.05, 4.69) is 25.3 Å². The van der Waals surface area contributed by atoms with Gasteiger partial charge >= 0.3 is 5.97 Å². The minimum atomic E-state index is -1.70. The Morgan fingerprint density at radius 3 is 2.71 bits per heavy atom. The smallest absolute Gasteiger partial charge is 0.336 e. The van der Waals surface area contributed by atoms with Crippen molar-refractivity contribution in [3.05, 3.63) is 35.4 Å². The third kappa shape index (κ3) is 5.25. The van der Waals surface area contributed by atoms with Gasteiger partial charge in [-0.15, -0.1) is 24.4 Å². The fourth-order valence-corrected chi connectivity index (χ4v) is 3.06. The van der Waals surface area contributed by atoms with Crippen LogP contribution in [0.15, 0.2) is 24.3 Å². The topological polar surface area (TPSA) is 80.4 Å². The molecule has 1 aromatic rings. The number of hydrogen-bond donors (Lipinski definition) is 4. The van der Waals surface area contributed by atoms with Gasteiger partial charge in [0, 0.05) is 17.7 Å². The second kappa shape index (κ2) is 8.12. The Hall–Kier alpha value is -0.630. The average molecular weight is 346 g/mol. The van der Waals surface area contributed by atoms with Crippen LogP contribution in [0.3, 0.4) is 0 Å². The van der Waals surface area contributed by atoms with Gasteiger partial charge < -0.3 is 10.8 Å². The standard InChI is InChI=1S/C14H19NO3S3/c1-2-4-11(16)10-6-3-5-9(7-10)8-21-13(19)14(15,20)12(17)18/h3,5-7,13,19-20H,2,4,8,15H2,1H3,(H,17,18). The lowest BCUT2D eigenvalue weighted by Gasteiger charge is -2.24. The number of hydrogen-bond acceptors (Lipinski definition) is 6. The van der Waals surface area contributed by atoms with Crippen molar-refractivity contribution >= 4 is 48.8 Å². The number of thiol groups is 2. The molecule has 1 aromatic carbocycles. The van der Waals surface area contributed by atoms with Crippen molar-refractivity contribution < 1.29 is 14.7 Å². The summed E-state index contributed by atoms with van der Waals surface area (Å²) in [6.45, 7) is 1.96. The first-order valence-electron chi connectivity index (χ1n) is 6.45. The monoisotopic (exact) mass is 345 g/mol. The number of Topliss-reactive ketones (excluding diaryl/α,β-unsaturated/α-hetero) is 1. The molecule has 0 heterocycles. The molecular formula is C14H19NO3S3. The molecule has 0 saturated carbocycles. The van der Waals surface area contributed by atoms with E-state index >= 15 is 0 Å². The van der Waals surface area contributed by atoms with Gasteiger partial charge in [0.25, 0.3) is 0 Å². The maximum absolute atomic E-state index is 11.9. The molecule has 0 saturated heterocycles. The van der Waals surface area contributed by atoms with Crippen LogP contribution in [0.2, 0.25) is 0 Å². The van der Waals surface area contributed by atoms with E-state index in [0.29, 0.717) is 17.7 Å². The van der Waals surface area contributed by atoms with Crippen LogP contribution in [0.4, 0.5) is 0 Å². The van der Waals surface area contributed by atoms with Crippen LogP contribution < -0.4 is 5.73 Å². The van der Waals surface area contributed by atoms with Gasteiger partial charge in [0.05, 0.1) is 4.58 Å². The predicted molar refractivity (Wildman–Crippen MR) is 93.3 cm³/mol. The number of rotatable bonds is 8. The summed E-state index contributed by atoms with van der Waals surface area (Å²) in [5.74, 6) is -0.598. The Labute approximate surface area is 139 Å². The van der Waals surface area contributed by atoms with Crippen LogP contribution in [0.25, 0.3) is 0 Å². The highest BCUT2D eigenvalue weighted by molar-refractivity contribution is 8.10. The first kappa shape index (κ1) is 18.4. The van der Waals surface area contributed by atoms with Crippen molar-refractivity contribution in [2.45, 2.75) is 35.0 Å². The third-order valence-corrected chi connectivity index (χ3v) is 5.72. The van der Waals surface area contributed by atoms with E-state index < -0.39 is 15.4 Å². The highest BCUT2D eigenvalue weighted by Crippen LogP contribution is 2.31. The fraction of sp³-hybridized carbons (Fsp3) is 0.429. The number of aliphatic carboxylic acids is 1. The molecule has 0 aliphatic carbocycles. The van der Waals surface area contributed by atoms with Gasteiger partial charge in [-0.05, 0) is 18.1 Å². The van der Waals surface area contributed by atoms with E-state index in [1.165, 1.54) is 11.8 Å². The quantitative estimate of drug-likeness (QED) is 0.331. The lowest BCUT2D eigenvalue weighted by Crippen LogP contribution is -2.49. The molecule has 0 aliphatic rings. The Kier molecular flexibility index (Phi) is 7.12. The zero-order valence-corrected chi connectivity index (χ0v) is 14.3. The maximum atomic E-state index is 11.9. The Bertz CT molecular complexity index is 520. The summed E-state index contributed by atoms with van der Waals surface area (Å²) < 4.78 is -0.673. The third-order valence-electron chi connectivity index (χ3n) is 2.85. The largest absolute Gasteiger partial charge is 0.479 e. The summed E-state index contributed by atoms with van der Waals surface area (Å²) >= 11 is 9.39. The molecule has 2 unspecified atom stereocenters. The van der Waals surface area contributed by atoms with Crippen molar-refractivity contribution in [2.24, 2.45) is 5.73 Å². The summed E-state index contributed by atoms with van der Waals surface area (Å²) in [6, 6.07) is 7.31. The molecule has 0 aromatic heterocycles. The SMILES string of the molecule is CCCC(=O)c1cccc(CSC(S)C(N)(S)C(=O)O)c1. The number of ketones is 1. The van der Waals surface area contributed by atoms with Crippen molar-refractivity contribution in [3.63, 3.8) is 0 Å². The maximum Gasteiger partial charge on any atom is 0.336 e. The molecule has 0 radical (unpaired) electrons. The van der Waals surface area contributed by atoms with E-state index in [4.69, 9.17) is 10.8 Å². The van der Waals surface area contributed by atoms with Gasteiger partial charge in [-0.25, -0.2) is 4.79 Å². The van der Waals surface area contributed by atoms with E-state index in [-0.39, 0.29) is 5.78 Å². The Morgan fingerprint density at radius 1 is 1.48 bits per heavy atom. The first-order valence-corrected chi connectivity index (χ1v) is 8.46. The van der Waals surface area contributed by atoms with Crippen molar-refractivity contribution in [1.29, 1.82) is 0 Å². The lowest BCUT2D eigenvalue weighted by molar-refractivity contribution is -0.139. The highest BCUT2D eigenvalue weighted by Gasteiger charge is 2.37. The van der Waals surface area contributed by atoms with Crippen molar-refractivity contribution in [3.8, 4) is 0 Å². The van der Waals surface area contributed by atoms with Gasteiger partial charge in [0.2, 0.25) is 0 Å². The van der Waals surface area contributed by atoms with Gasteiger partial charge in [0.15, 0.2) is 10.7 Å². The minimum Gasteiger partial charge on any atom is -0.479 e. The van der Waals surface area contributed by atoms with E-state index in [9.17, 15) is 9.59 Å². The van der Waals surface area contributed by atoms with Gasteiger partial charge in [0.1, 0.15) is 0 Å². The van der Waals surface area contributed by atoms with Crippen LogP contribution in [0.1, 0.15) is 35.7 Å². The normalized spacial score (nSPS) is 15.2. The lowest BCUT2D eigenvalue weighted by atomic mass is 10.1. The van der Waals surface area contributed by atoms with E-state index in [0.717, 1.165) is 12.0 Å². The molecule has 3 N–H and O–H groups in total. The molecule has 0 bridgehead atoms. The average Bonchev–Trinajstić information content (AvgIpc) is 2.45. The molecule has 21 heavy (non-hydrogen) atoms. The summed E-state index contributed by atoms with van der Waals surface area (Å²) in [6.07, 6.45) is 1.33. The van der Waals surface area contributed by atoms with Crippen molar-refractivity contribution in [1.82, 2.24) is 0 Å². The number of benzene rings is 1. The number of thioether (sulfide) groups is 1. The first-order chi connectivity index (χ1) is 9.78. The summed E-state index contributed by atoms with van der Waals surface area (Å²) in [5.41, 5.74) is 7.20. The molecule has 0 spiro atoms. The Balaban J connectivity index is 2.70. The summed E-state index contributed by atoms with van der Waals surface area (Å²) in [4.78, 5) is 21.1. The number of carboxylic acids is 1. The number of nitrogens with two attached hydrogens (primary N) is 1. The molecule has 0 amide bonds. The van der Waals surface area contributed by atoms with Crippen LogP contribution in [-0.2, 0) is 10.5 Å². The second-order valence-corrected chi connectivity index (χ2v) is 7.37. The van der Waals surface area contributed by atoms with Gasteiger partial charge in [-0.3, -0.25) is 4.79 Å². The molecule has 0 aliphatic heterocycles. The zero-order valence-electron chi connectivity index (χ0n) is 11.7. The fourth-order valence-electron chi connectivity index (χ4n) is 1.61. The molecule has 2 atom stereocenters. The van der Waals surface area contributed by atoms with Crippen molar-refractivity contribution in [2.75, 3.05) is 0 Å². The van der Waals surface area contributed by atoms with Gasteiger partial charge in [-0.1, -0.05) is 25.1 Å². The molecule has 116 valence electrons. The predicted octanol–water partition coefficient (Wildman–Crippen LogP) is 2.83. The molecule has 7 heteroatoms. The summed E-state index contributed by atoms with van der Waals surface area (Å²) in [7, 11) is 0. The second-order valence-electron chi connectivity index (χ2n) is 4.67. The number of carbonyl (C=O) groups excluding carboxylic acids is 1. The Morgan fingerprint density at radius 2 is 2.14 bits per heavy atom. The molecule has 0 fully saturated rings. The number of carboxylic acid groups (broad SMARTS) is 1. The van der Waals surface area contributed by atoms with Crippen LogP contribution in [-0.4, -0.2) is 26.3 Å². The molecular weight excluding hydrogens is 326 g/mol. The molecule has 4 nitrogen and oxygen atoms in total. The van der Waals surface area contributed by atoms with E-state index in [1.54, 1.807) is 6.07 Å². The number of carbonyl (C=O) groups is 2. The minimum absolute atomic E-state index is 0.111.